The van der Waals surface area contributed by atoms with Crippen LogP contribution >= 0.6 is 0 Å². The first-order valence-electron chi connectivity index (χ1n) is 8.02. The third-order valence-electron chi connectivity index (χ3n) is 4.91. The van der Waals surface area contributed by atoms with E-state index in [1.165, 1.54) is 48.8 Å². The first-order chi connectivity index (χ1) is 10.3. The predicted molar refractivity (Wildman–Crippen MR) is 82.4 cm³/mol. The van der Waals surface area contributed by atoms with Crippen LogP contribution in [0.3, 0.4) is 0 Å². The number of fused-ring (bicyclic) bond motifs is 1. The van der Waals surface area contributed by atoms with Crippen LogP contribution in [0.1, 0.15) is 60.5 Å². The fourth-order valence-electron chi connectivity index (χ4n) is 3.67. The van der Waals surface area contributed by atoms with Crippen molar-refractivity contribution in [1.82, 2.24) is 9.78 Å². The summed E-state index contributed by atoms with van der Waals surface area (Å²) in [6.45, 7) is 0. The Morgan fingerprint density at radius 3 is 2.76 bits per heavy atom. The molecule has 108 valence electrons. The summed E-state index contributed by atoms with van der Waals surface area (Å²) in [6.07, 6.45) is 12.2. The molecule has 1 fully saturated rings. The molecule has 0 saturated heterocycles. The van der Waals surface area contributed by atoms with Crippen molar-refractivity contribution >= 4 is 5.78 Å². The molecule has 0 unspecified atom stereocenters. The van der Waals surface area contributed by atoms with E-state index in [1.807, 2.05) is 12.3 Å². The maximum absolute atomic E-state index is 11.7. The summed E-state index contributed by atoms with van der Waals surface area (Å²) in [5.74, 6) is 0.287. The van der Waals surface area contributed by atoms with E-state index in [2.05, 4.69) is 28.1 Å². The Balaban J connectivity index is 1.62. The van der Waals surface area contributed by atoms with Gasteiger partial charge in [-0.05, 0) is 30.4 Å². The molecule has 1 aromatic carbocycles. The Morgan fingerprint density at radius 2 is 1.90 bits per heavy atom. The lowest BCUT2D eigenvalue weighted by atomic mass is 9.96. The Labute approximate surface area is 125 Å². The smallest absolute Gasteiger partial charge is 0.163 e. The van der Waals surface area contributed by atoms with Crippen molar-refractivity contribution in [2.24, 2.45) is 0 Å². The van der Waals surface area contributed by atoms with Crippen molar-refractivity contribution < 1.29 is 4.79 Å². The number of aromatic nitrogens is 2. The number of rotatable bonds is 2. The second-order valence-electron chi connectivity index (χ2n) is 6.30. The van der Waals surface area contributed by atoms with Crippen LogP contribution in [0, 0.1) is 0 Å². The minimum absolute atomic E-state index is 0.287. The lowest BCUT2D eigenvalue weighted by molar-refractivity contribution is 0.0994. The summed E-state index contributed by atoms with van der Waals surface area (Å²) in [6, 6.07) is 6.79. The molecular weight excluding hydrogens is 260 g/mol. The fourth-order valence-corrected chi connectivity index (χ4v) is 3.67. The number of nitrogens with zero attached hydrogens (tertiary/aromatic N) is 2. The van der Waals surface area contributed by atoms with Gasteiger partial charge in [-0.1, -0.05) is 37.5 Å². The van der Waals surface area contributed by atoms with Gasteiger partial charge in [-0.3, -0.25) is 9.48 Å². The molecule has 1 heterocycles. The highest BCUT2D eigenvalue weighted by Gasteiger charge is 2.20. The first kappa shape index (κ1) is 12.8. The van der Waals surface area contributed by atoms with E-state index in [4.69, 9.17) is 0 Å². The molecule has 0 amide bonds. The number of carbonyl (C=O) groups excluding carboxylic acids is 1. The molecular formula is C18H20N2O. The largest absolute Gasteiger partial charge is 0.294 e. The van der Waals surface area contributed by atoms with Crippen molar-refractivity contribution in [3.63, 3.8) is 0 Å². The molecule has 2 aliphatic rings. The minimum Gasteiger partial charge on any atom is -0.294 e. The maximum Gasteiger partial charge on any atom is 0.163 e. The van der Waals surface area contributed by atoms with Crippen LogP contribution in [0.5, 0.6) is 0 Å². The van der Waals surface area contributed by atoms with E-state index in [9.17, 15) is 4.79 Å². The van der Waals surface area contributed by atoms with Crippen LogP contribution in [-0.2, 0) is 6.42 Å². The van der Waals surface area contributed by atoms with E-state index < -0.39 is 0 Å². The lowest BCUT2D eigenvalue weighted by Crippen LogP contribution is -2.12. The third-order valence-corrected chi connectivity index (χ3v) is 4.91. The van der Waals surface area contributed by atoms with Crippen LogP contribution in [0.15, 0.2) is 30.6 Å². The second kappa shape index (κ2) is 5.14. The molecule has 4 rings (SSSR count). The van der Waals surface area contributed by atoms with E-state index in [1.54, 1.807) is 0 Å². The number of hydrogen-bond donors (Lipinski definition) is 0. The van der Waals surface area contributed by atoms with Crippen molar-refractivity contribution in [2.45, 2.75) is 51.0 Å². The van der Waals surface area contributed by atoms with Gasteiger partial charge in [0.2, 0.25) is 0 Å². The number of benzene rings is 1. The standard InChI is InChI=1S/C18H20N2O/c21-18-9-7-14-10-13(6-8-17(14)18)15-11-19-20(12-15)16-4-2-1-3-5-16/h6,8,10-12,16H,1-5,7,9H2. The van der Waals surface area contributed by atoms with Crippen LogP contribution in [-0.4, -0.2) is 15.6 Å². The first-order valence-corrected chi connectivity index (χ1v) is 8.02. The summed E-state index contributed by atoms with van der Waals surface area (Å²) in [5.41, 5.74) is 4.47. The summed E-state index contributed by atoms with van der Waals surface area (Å²) < 4.78 is 2.15. The second-order valence-corrected chi connectivity index (χ2v) is 6.30. The van der Waals surface area contributed by atoms with Gasteiger partial charge in [-0.2, -0.15) is 5.10 Å². The molecule has 0 bridgehead atoms. The van der Waals surface area contributed by atoms with Gasteiger partial charge in [0, 0.05) is 23.7 Å². The SMILES string of the molecule is O=C1CCc2cc(-c3cnn(C4CCCCC4)c3)ccc21. The number of carbonyl (C=O) groups is 1. The van der Waals surface area contributed by atoms with Crippen molar-refractivity contribution in [1.29, 1.82) is 0 Å². The topological polar surface area (TPSA) is 34.9 Å². The zero-order valence-electron chi connectivity index (χ0n) is 12.2. The van der Waals surface area contributed by atoms with Crippen LogP contribution < -0.4 is 0 Å². The molecule has 2 aromatic rings. The maximum atomic E-state index is 11.7. The van der Waals surface area contributed by atoms with Crippen LogP contribution in [0.25, 0.3) is 11.1 Å². The lowest BCUT2D eigenvalue weighted by Gasteiger charge is -2.21. The Kier molecular flexibility index (Phi) is 3.13. The molecule has 3 heteroatoms. The summed E-state index contributed by atoms with van der Waals surface area (Å²) >= 11 is 0. The molecule has 1 saturated carbocycles. The van der Waals surface area contributed by atoms with E-state index in [0.29, 0.717) is 12.5 Å². The normalized spacial score (nSPS) is 19.0. The third kappa shape index (κ3) is 2.31. The highest BCUT2D eigenvalue weighted by atomic mass is 16.1. The van der Waals surface area contributed by atoms with E-state index >= 15 is 0 Å². The van der Waals surface area contributed by atoms with Gasteiger partial charge in [0.05, 0.1) is 12.2 Å². The van der Waals surface area contributed by atoms with Gasteiger partial charge in [0.15, 0.2) is 5.78 Å². The number of aryl methyl sites for hydroxylation is 1. The summed E-state index contributed by atoms with van der Waals surface area (Å²) in [7, 11) is 0. The van der Waals surface area contributed by atoms with Gasteiger partial charge in [0.25, 0.3) is 0 Å². The van der Waals surface area contributed by atoms with Gasteiger partial charge >= 0.3 is 0 Å². The molecule has 2 aliphatic carbocycles. The molecule has 1 aromatic heterocycles. The molecule has 0 atom stereocenters. The van der Waals surface area contributed by atoms with Crippen molar-refractivity contribution in [3.8, 4) is 11.1 Å². The monoisotopic (exact) mass is 280 g/mol. The molecule has 21 heavy (non-hydrogen) atoms. The zero-order chi connectivity index (χ0) is 14.2. The molecule has 3 nitrogen and oxygen atoms in total. The molecule has 0 radical (unpaired) electrons. The highest BCUT2D eigenvalue weighted by molar-refractivity contribution is 6.00. The number of Topliss-reactive ketones (excluding diaryl/α,β-unsaturated/α-hetero) is 1. The highest BCUT2D eigenvalue weighted by Crippen LogP contribution is 2.31. The number of ketones is 1. The fraction of sp³-hybridized carbons (Fsp3) is 0.444. The van der Waals surface area contributed by atoms with Gasteiger partial charge in [-0.25, -0.2) is 0 Å². The molecule has 0 spiro atoms. The predicted octanol–water partition coefficient (Wildman–Crippen LogP) is 4.18. The van der Waals surface area contributed by atoms with E-state index in [-0.39, 0.29) is 5.78 Å². The number of hydrogen-bond acceptors (Lipinski definition) is 2. The van der Waals surface area contributed by atoms with Crippen LogP contribution in [0.2, 0.25) is 0 Å². The quantitative estimate of drug-likeness (QED) is 0.827. The Morgan fingerprint density at radius 1 is 1.05 bits per heavy atom. The van der Waals surface area contributed by atoms with Crippen molar-refractivity contribution in [3.05, 3.63) is 41.7 Å². The minimum atomic E-state index is 0.287. The average Bonchev–Trinajstić information content (AvgIpc) is 3.15. The van der Waals surface area contributed by atoms with Crippen molar-refractivity contribution in [2.75, 3.05) is 0 Å². The zero-order valence-corrected chi connectivity index (χ0v) is 12.2. The Bertz CT molecular complexity index is 680. The van der Waals surface area contributed by atoms with Crippen LogP contribution in [0.4, 0.5) is 0 Å². The summed E-state index contributed by atoms with van der Waals surface area (Å²) in [4.78, 5) is 11.7. The van der Waals surface area contributed by atoms with E-state index in [0.717, 1.165) is 12.0 Å². The molecule has 0 aliphatic heterocycles. The average molecular weight is 280 g/mol. The summed E-state index contributed by atoms with van der Waals surface area (Å²) in [5, 5.41) is 4.57. The van der Waals surface area contributed by atoms with Gasteiger partial charge in [0.1, 0.15) is 0 Å². The molecule has 0 N–H and O–H groups in total. The Hall–Kier alpha value is -1.90. The van der Waals surface area contributed by atoms with Gasteiger partial charge in [-0.15, -0.1) is 0 Å². The van der Waals surface area contributed by atoms with Gasteiger partial charge < -0.3 is 0 Å².